The van der Waals surface area contributed by atoms with Gasteiger partial charge >= 0.3 is 5.51 Å². The molecule has 0 amide bonds. The molecular weight excluding hydrogens is 275 g/mol. The Morgan fingerprint density at radius 3 is 2.42 bits per heavy atom. The van der Waals surface area contributed by atoms with Crippen LogP contribution >= 0.6 is 11.8 Å². The van der Waals surface area contributed by atoms with Crippen molar-refractivity contribution in [2.45, 2.75) is 35.9 Å². The average molecular weight is 291 g/mol. The molecule has 0 aliphatic heterocycles. The Bertz CT molecular complexity index is 403. The summed E-state index contributed by atoms with van der Waals surface area (Å²) in [6, 6.07) is 6.27. The van der Waals surface area contributed by atoms with Gasteiger partial charge < -0.3 is 10.4 Å². The van der Waals surface area contributed by atoms with Crippen molar-refractivity contribution in [3.05, 3.63) is 29.8 Å². The van der Waals surface area contributed by atoms with E-state index in [1.165, 1.54) is 12.1 Å². The first kappa shape index (κ1) is 14.7. The van der Waals surface area contributed by atoms with Crippen LogP contribution in [0.3, 0.4) is 0 Å². The van der Waals surface area contributed by atoms with Crippen molar-refractivity contribution in [1.29, 1.82) is 0 Å². The van der Waals surface area contributed by atoms with E-state index in [4.69, 9.17) is 0 Å². The van der Waals surface area contributed by atoms with Crippen LogP contribution < -0.4 is 5.32 Å². The Morgan fingerprint density at radius 2 is 1.89 bits per heavy atom. The minimum absolute atomic E-state index is 0.110. The van der Waals surface area contributed by atoms with Crippen LogP contribution in [0.4, 0.5) is 13.2 Å². The number of nitrogens with one attached hydrogen (secondary N) is 1. The molecule has 0 bridgehead atoms. The molecule has 1 aliphatic rings. The highest BCUT2D eigenvalue weighted by Gasteiger charge is 2.29. The van der Waals surface area contributed by atoms with Gasteiger partial charge in [0.25, 0.3) is 0 Å². The molecule has 1 aliphatic carbocycles. The normalized spacial score (nSPS) is 17.5. The van der Waals surface area contributed by atoms with Gasteiger partial charge in [-0.05, 0) is 48.2 Å². The quantitative estimate of drug-likeness (QED) is 0.790. The fourth-order valence-electron chi connectivity index (χ4n) is 1.82. The maximum atomic E-state index is 12.1. The second kappa shape index (κ2) is 6.15. The summed E-state index contributed by atoms with van der Waals surface area (Å²) >= 11 is -0.110. The van der Waals surface area contributed by atoms with Gasteiger partial charge in [0.1, 0.15) is 0 Å². The minimum atomic E-state index is -4.24. The van der Waals surface area contributed by atoms with Gasteiger partial charge in [-0.2, -0.15) is 13.2 Å². The molecule has 1 aromatic rings. The molecule has 2 nitrogen and oxygen atoms in total. The minimum Gasteiger partial charge on any atom is -0.392 e. The van der Waals surface area contributed by atoms with Crippen molar-refractivity contribution in [3.8, 4) is 0 Å². The molecule has 0 spiro atoms. The molecule has 2 N–H and O–H groups in total. The molecule has 106 valence electrons. The van der Waals surface area contributed by atoms with Crippen LogP contribution in [-0.4, -0.2) is 23.3 Å². The largest absolute Gasteiger partial charge is 0.446 e. The summed E-state index contributed by atoms with van der Waals surface area (Å²) in [6.07, 6.45) is 1.87. The number of thioether (sulfide) groups is 1. The van der Waals surface area contributed by atoms with Gasteiger partial charge in [0, 0.05) is 18.0 Å². The number of aliphatic hydroxyl groups is 1. The maximum absolute atomic E-state index is 12.1. The van der Waals surface area contributed by atoms with E-state index in [0.717, 1.165) is 18.4 Å². The molecule has 1 atom stereocenters. The number of aliphatic hydroxyl groups excluding tert-OH is 1. The molecule has 1 fully saturated rings. The lowest BCUT2D eigenvalue weighted by Crippen LogP contribution is -2.27. The molecular formula is C13H16F3NOS. The molecule has 1 aromatic carbocycles. The number of rotatable bonds is 6. The summed E-state index contributed by atoms with van der Waals surface area (Å²) in [5.41, 5.74) is -3.33. The molecule has 1 unspecified atom stereocenters. The third-order valence-corrected chi connectivity index (χ3v) is 3.75. The zero-order valence-corrected chi connectivity index (χ0v) is 11.1. The molecule has 0 heterocycles. The van der Waals surface area contributed by atoms with E-state index >= 15 is 0 Å². The second-order valence-corrected chi connectivity index (χ2v) is 5.87. The van der Waals surface area contributed by atoms with Crippen LogP contribution in [0.2, 0.25) is 0 Å². The maximum Gasteiger partial charge on any atom is 0.446 e. The lowest BCUT2D eigenvalue weighted by molar-refractivity contribution is -0.0328. The topological polar surface area (TPSA) is 32.3 Å². The molecule has 1 saturated carbocycles. The van der Waals surface area contributed by atoms with Crippen molar-refractivity contribution < 1.29 is 18.3 Å². The lowest BCUT2D eigenvalue weighted by atomic mass is 10.2. The highest BCUT2D eigenvalue weighted by molar-refractivity contribution is 8.00. The van der Waals surface area contributed by atoms with Gasteiger partial charge in [-0.1, -0.05) is 12.1 Å². The SMILES string of the molecule is OC(CNCc1ccc(SC(F)(F)F)cc1)C1CC1. The first-order chi connectivity index (χ1) is 8.94. The summed E-state index contributed by atoms with van der Waals surface area (Å²) < 4.78 is 36.4. The predicted molar refractivity (Wildman–Crippen MR) is 68.8 cm³/mol. The Labute approximate surface area is 114 Å². The van der Waals surface area contributed by atoms with E-state index in [1.807, 2.05) is 0 Å². The van der Waals surface area contributed by atoms with E-state index < -0.39 is 5.51 Å². The zero-order valence-electron chi connectivity index (χ0n) is 10.3. The molecule has 0 aromatic heterocycles. The zero-order chi connectivity index (χ0) is 13.9. The summed E-state index contributed by atoms with van der Waals surface area (Å²) in [5.74, 6) is 0.429. The standard InChI is InChI=1S/C13H16F3NOS/c14-13(15,16)19-11-5-1-9(2-6-11)7-17-8-12(18)10-3-4-10/h1-2,5-6,10,12,17-18H,3-4,7-8H2. The van der Waals surface area contributed by atoms with Crippen LogP contribution in [0.25, 0.3) is 0 Å². The van der Waals surface area contributed by atoms with E-state index in [9.17, 15) is 18.3 Å². The van der Waals surface area contributed by atoms with Crippen molar-refractivity contribution in [2.75, 3.05) is 6.54 Å². The molecule has 19 heavy (non-hydrogen) atoms. The second-order valence-electron chi connectivity index (χ2n) is 4.73. The highest BCUT2D eigenvalue weighted by Crippen LogP contribution is 2.36. The Morgan fingerprint density at radius 1 is 1.26 bits per heavy atom. The number of benzene rings is 1. The molecule has 0 saturated heterocycles. The Balaban J connectivity index is 1.75. The van der Waals surface area contributed by atoms with Gasteiger partial charge in [-0.3, -0.25) is 0 Å². The van der Waals surface area contributed by atoms with Gasteiger partial charge in [0.05, 0.1) is 6.10 Å². The summed E-state index contributed by atoms with van der Waals surface area (Å²) in [4.78, 5) is 0.189. The van der Waals surface area contributed by atoms with Crippen molar-refractivity contribution >= 4 is 11.8 Å². The summed E-state index contributed by atoms with van der Waals surface area (Å²) in [7, 11) is 0. The highest BCUT2D eigenvalue weighted by atomic mass is 32.2. The third-order valence-electron chi connectivity index (χ3n) is 3.01. The van der Waals surface area contributed by atoms with Crippen molar-refractivity contribution in [3.63, 3.8) is 0 Å². The van der Waals surface area contributed by atoms with Crippen molar-refractivity contribution in [2.24, 2.45) is 5.92 Å². The molecule has 2 rings (SSSR count). The van der Waals surface area contributed by atoms with E-state index in [-0.39, 0.29) is 22.8 Å². The third kappa shape index (κ3) is 5.42. The van der Waals surface area contributed by atoms with Crippen LogP contribution in [0.15, 0.2) is 29.2 Å². The van der Waals surface area contributed by atoms with Gasteiger partial charge in [-0.15, -0.1) is 0 Å². The van der Waals surface area contributed by atoms with Crippen LogP contribution in [0.1, 0.15) is 18.4 Å². The number of hydrogen-bond donors (Lipinski definition) is 2. The van der Waals surface area contributed by atoms with E-state index in [0.29, 0.717) is 19.0 Å². The van der Waals surface area contributed by atoms with Crippen LogP contribution in [-0.2, 0) is 6.54 Å². The van der Waals surface area contributed by atoms with E-state index in [2.05, 4.69) is 5.32 Å². The Hall–Kier alpha value is -0.720. The van der Waals surface area contributed by atoms with Crippen molar-refractivity contribution in [1.82, 2.24) is 5.32 Å². The Kier molecular flexibility index (Phi) is 4.76. The number of halogens is 3. The predicted octanol–water partition coefficient (Wildman–Crippen LogP) is 3.16. The van der Waals surface area contributed by atoms with Crippen LogP contribution in [0.5, 0.6) is 0 Å². The number of hydrogen-bond acceptors (Lipinski definition) is 3. The fourth-order valence-corrected chi connectivity index (χ4v) is 2.36. The lowest BCUT2D eigenvalue weighted by Gasteiger charge is -2.11. The molecule has 0 radical (unpaired) electrons. The monoisotopic (exact) mass is 291 g/mol. The summed E-state index contributed by atoms with van der Waals surface area (Å²) in [6.45, 7) is 1.09. The first-order valence-electron chi connectivity index (χ1n) is 6.17. The molecule has 6 heteroatoms. The number of alkyl halides is 3. The average Bonchev–Trinajstić information content (AvgIpc) is 3.13. The van der Waals surface area contributed by atoms with E-state index in [1.54, 1.807) is 12.1 Å². The summed E-state index contributed by atoms with van der Waals surface area (Å²) in [5, 5.41) is 12.8. The van der Waals surface area contributed by atoms with Gasteiger partial charge in [-0.25, -0.2) is 0 Å². The smallest absolute Gasteiger partial charge is 0.392 e. The van der Waals surface area contributed by atoms with Gasteiger partial charge in [0.2, 0.25) is 0 Å². The van der Waals surface area contributed by atoms with Gasteiger partial charge in [0.15, 0.2) is 0 Å². The van der Waals surface area contributed by atoms with Crippen LogP contribution in [0, 0.1) is 5.92 Å². The first-order valence-corrected chi connectivity index (χ1v) is 6.99. The fraction of sp³-hybridized carbons (Fsp3) is 0.538.